The van der Waals surface area contributed by atoms with Crippen LogP contribution in [0.5, 0.6) is 0 Å². The van der Waals surface area contributed by atoms with E-state index in [-0.39, 0.29) is 16.6 Å². The lowest BCUT2D eigenvalue weighted by Crippen LogP contribution is -2.37. The quantitative estimate of drug-likeness (QED) is 0.879. The lowest BCUT2D eigenvalue weighted by Gasteiger charge is -2.18. The first-order chi connectivity index (χ1) is 9.38. The Labute approximate surface area is 119 Å². The van der Waals surface area contributed by atoms with Gasteiger partial charge in [0, 0.05) is 12.2 Å². The average molecular weight is 307 g/mol. The lowest BCUT2D eigenvalue weighted by atomic mass is 10.1. The second kappa shape index (κ2) is 5.91. The van der Waals surface area contributed by atoms with Crippen molar-refractivity contribution < 1.29 is 18.0 Å². The van der Waals surface area contributed by atoms with E-state index in [0.717, 1.165) is 18.9 Å². The summed E-state index contributed by atoms with van der Waals surface area (Å²) < 4.78 is 38.3. The van der Waals surface area contributed by atoms with Crippen LogP contribution >= 0.6 is 11.6 Å². The molecule has 7 heteroatoms. The molecule has 0 aromatic heterocycles. The topological polar surface area (TPSA) is 41.1 Å². The van der Waals surface area contributed by atoms with Gasteiger partial charge in [-0.1, -0.05) is 11.6 Å². The predicted octanol–water partition coefficient (Wildman–Crippen LogP) is 3.44. The van der Waals surface area contributed by atoms with E-state index in [1.54, 1.807) is 0 Å². The molecule has 0 saturated carbocycles. The minimum Gasteiger partial charge on any atom is -0.374 e. The summed E-state index contributed by atoms with van der Waals surface area (Å²) in [6.45, 7) is 0.603. The van der Waals surface area contributed by atoms with Gasteiger partial charge in [-0.25, -0.2) is 0 Å². The Morgan fingerprint density at radius 1 is 1.30 bits per heavy atom. The van der Waals surface area contributed by atoms with Gasteiger partial charge in [0.1, 0.15) is 6.04 Å². The number of nitrogens with one attached hydrogen (secondary N) is 2. The summed E-state index contributed by atoms with van der Waals surface area (Å²) in [6, 6.07) is 3.04. The Morgan fingerprint density at radius 2 is 2.05 bits per heavy atom. The number of alkyl halides is 3. The molecule has 110 valence electrons. The number of hydrogen-bond donors (Lipinski definition) is 2. The summed E-state index contributed by atoms with van der Waals surface area (Å²) >= 11 is 5.55. The third-order valence-electron chi connectivity index (χ3n) is 3.15. The molecule has 1 aromatic carbocycles. The van der Waals surface area contributed by atoms with Gasteiger partial charge in [0.25, 0.3) is 0 Å². The lowest BCUT2D eigenvalue weighted by molar-refractivity contribution is -0.137. The molecule has 1 aromatic rings. The first kappa shape index (κ1) is 15.0. The fraction of sp³-hybridized carbons (Fsp3) is 0.462. The van der Waals surface area contributed by atoms with Crippen molar-refractivity contribution in [2.45, 2.75) is 31.5 Å². The predicted molar refractivity (Wildman–Crippen MR) is 70.7 cm³/mol. The van der Waals surface area contributed by atoms with Crippen molar-refractivity contribution in [3.63, 3.8) is 0 Å². The number of halogens is 4. The molecule has 3 nitrogen and oxygen atoms in total. The van der Waals surface area contributed by atoms with E-state index in [4.69, 9.17) is 11.6 Å². The first-order valence-corrected chi connectivity index (χ1v) is 6.67. The number of anilines is 1. The number of amides is 1. The zero-order valence-corrected chi connectivity index (χ0v) is 11.3. The average Bonchev–Trinajstić information content (AvgIpc) is 2.56. The van der Waals surface area contributed by atoms with Gasteiger partial charge in [0.15, 0.2) is 0 Å². The summed E-state index contributed by atoms with van der Waals surface area (Å²) in [7, 11) is 0. The zero-order valence-electron chi connectivity index (χ0n) is 10.6. The Kier molecular flexibility index (Phi) is 4.42. The van der Waals surface area contributed by atoms with Crippen LogP contribution < -0.4 is 10.6 Å². The van der Waals surface area contributed by atoms with Crippen molar-refractivity contribution in [2.24, 2.45) is 0 Å². The highest BCUT2D eigenvalue weighted by molar-refractivity contribution is 6.31. The Bertz CT molecular complexity index is 505. The number of rotatable bonds is 2. The van der Waals surface area contributed by atoms with E-state index in [2.05, 4.69) is 10.6 Å². The van der Waals surface area contributed by atoms with Crippen molar-refractivity contribution in [1.82, 2.24) is 5.32 Å². The highest BCUT2D eigenvalue weighted by atomic mass is 35.5. The number of benzene rings is 1. The molecular weight excluding hydrogens is 293 g/mol. The fourth-order valence-electron chi connectivity index (χ4n) is 2.11. The molecule has 20 heavy (non-hydrogen) atoms. The van der Waals surface area contributed by atoms with Gasteiger partial charge in [-0.2, -0.15) is 13.2 Å². The van der Waals surface area contributed by atoms with Crippen LogP contribution in [0.4, 0.5) is 18.9 Å². The van der Waals surface area contributed by atoms with Gasteiger partial charge in [0.2, 0.25) is 5.91 Å². The normalized spacial score (nSPS) is 20.2. The maximum absolute atomic E-state index is 12.8. The summed E-state index contributed by atoms with van der Waals surface area (Å²) in [5.41, 5.74) is -0.665. The van der Waals surface area contributed by atoms with E-state index in [9.17, 15) is 18.0 Å². The van der Waals surface area contributed by atoms with Crippen molar-refractivity contribution >= 4 is 23.2 Å². The standard InChI is InChI=1S/C13H14ClF3N2O/c14-10-5-4-8(7-9(10)13(15,16)17)19-11-3-1-2-6-18-12(11)20/h4-5,7,11,19H,1-3,6H2,(H,18,20). The molecule has 1 aliphatic rings. The molecule has 1 unspecified atom stereocenters. The van der Waals surface area contributed by atoms with E-state index in [0.29, 0.717) is 13.0 Å². The van der Waals surface area contributed by atoms with Crippen LogP contribution in [-0.4, -0.2) is 18.5 Å². The van der Waals surface area contributed by atoms with Gasteiger partial charge >= 0.3 is 6.18 Å². The second-order valence-corrected chi connectivity index (χ2v) is 5.08. The molecule has 1 heterocycles. The minimum absolute atomic E-state index is 0.189. The molecule has 2 N–H and O–H groups in total. The zero-order chi connectivity index (χ0) is 14.8. The number of hydrogen-bond acceptors (Lipinski definition) is 2. The van der Waals surface area contributed by atoms with Gasteiger partial charge in [-0.15, -0.1) is 0 Å². The molecule has 1 atom stereocenters. The summed E-state index contributed by atoms with van der Waals surface area (Å²) in [6.07, 6.45) is -2.20. The van der Waals surface area contributed by atoms with Crippen LogP contribution in [0.15, 0.2) is 18.2 Å². The number of carbonyl (C=O) groups excluding carboxylic acids is 1. The third-order valence-corrected chi connectivity index (χ3v) is 3.48. The van der Waals surface area contributed by atoms with Gasteiger partial charge < -0.3 is 10.6 Å². The van der Waals surface area contributed by atoms with Gasteiger partial charge in [0.05, 0.1) is 10.6 Å². The van der Waals surface area contributed by atoms with Crippen molar-refractivity contribution in [2.75, 3.05) is 11.9 Å². The largest absolute Gasteiger partial charge is 0.417 e. The maximum Gasteiger partial charge on any atom is 0.417 e. The second-order valence-electron chi connectivity index (χ2n) is 4.68. The van der Waals surface area contributed by atoms with E-state index in [1.165, 1.54) is 12.1 Å². The molecule has 0 radical (unpaired) electrons. The smallest absolute Gasteiger partial charge is 0.374 e. The molecule has 1 saturated heterocycles. The highest BCUT2D eigenvalue weighted by Gasteiger charge is 2.33. The highest BCUT2D eigenvalue weighted by Crippen LogP contribution is 2.36. The maximum atomic E-state index is 12.8. The van der Waals surface area contributed by atoms with Crippen LogP contribution in [0.2, 0.25) is 5.02 Å². The molecule has 0 aliphatic carbocycles. The molecule has 1 aliphatic heterocycles. The van der Waals surface area contributed by atoms with E-state index < -0.39 is 17.8 Å². The van der Waals surface area contributed by atoms with Crippen LogP contribution in [-0.2, 0) is 11.0 Å². The van der Waals surface area contributed by atoms with Gasteiger partial charge in [-0.3, -0.25) is 4.79 Å². The fourth-order valence-corrected chi connectivity index (χ4v) is 2.34. The Balaban J connectivity index is 2.19. The summed E-state index contributed by atoms with van der Waals surface area (Å²) in [5.74, 6) is -0.189. The summed E-state index contributed by atoms with van der Waals surface area (Å²) in [4.78, 5) is 11.7. The molecule has 0 bridgehead atoms. The molecule has 1 amide bonds. The van der Waals surface area contributed by atoms with Crippen LogP contribution in [0.1, 0.15) is 24.8 Å². The van der Waals surface area contributed by atoms with Crippen molar-refractivity contribution in [3.8, 4) is 0 Å². The number of carbonyl (C=O) groups is 1. The Hall–Kier alpha value is -1.43. The molecular formula is C13H14ClF3N2O. The molecule has 1 fully saturated rings. The molecule has 2 rings (SSSR count). The van der Waals surface area contributed by atoms with E-state index >= 15 is 0 Å². The minimum atomic E-state index is -4.51. The van der Waals surface area contributed by atoms with Crippen LogP contribution in [0.25, 0.3) is 0 Å². The third kappa shape index (κ3) is 3.56. The summed E-state index contributed by atoms with van der Waals surface area (Å²) in [5, 5.41) is 5.21. The van der Waals surface area contributed by atoms with Crippen LogP contribution in [0.3, 0.4) is 0 Å². The van der Waals surface area contributed by atoms with E-state index in [1.807, 2.05) is 0 Å². The monoisotopic (exact) mass is 306 g/mol. The SMILES string of the molecule is O=C1NCCCCC1Nc1ccc(Cl)c(C(F)(F)F)c1. The van der Waals surface area contributed by atoms with Crippen LogP contribution in [0, 0.1) is 0 Å². The van der Waals surface area contributed by atoms with Crippen molar-refractivity contribution in [1.29, 1.82) is 0 Å². The van der Waals surface area contributed by atoms with Gasteiger partial charge in [-0.05, 0) is 37.5 Å². The molecule has 0 spiro atoms. The Morgan fingerprint density at radius 3 is 2.75 bits per heavy atom. The first-order valence-electron chi connectivity index (χ1n) is 6.29. The van der Waals surface area contributed by atoms with Crippen molar-refractivity contribution in [3.05, 3.63) is 28.8 Å².